The summed E-state index contributed by atoms with van der Waals surface area (Å²) in [7, 11) is 0. The molecule has 1 aromatic rings. The van der Waals surface area contributed by atoms with Gasteiger partial charge in [0.25, 0.3) is 0 Å². The van der Waals surface area contributed by atoms with Crippen molar-refractivity contribution in [2.45, 2.75) is 31.7 Å². The highest BCUT2D eigenvalue weighted by Crippen LogP contribution is 2.17. The molecule has 5 nitrogen and oxygen atoms in total. The molecule has 0 aromatic heterocycles. The average Bonchev–Trinajstić information content (AvgIpc) is 2.51. The number of rotatable bonds is 9. The molecule has 0 radical (unpaired) electrons. The van der Waals surface area contributed by atoms with Crippen LogP contribution in [0.1, 0.15) is 31.2 Å². The number of hydrogen-bond donors (Lipinski definition) is 3. The Morgan fingerprint density at radius 2 is 1.91 bits per heavy atom. The highest BCUT2D eigenvalue weighted by atomic mass is 32.2. The molecule has 0 aliphatic carbocycles. The van der Waals surface area contributed by atoms with Crippen molar-refractivity contribution in [2.24, 2.45) is 5.73 Å². The summed E-state index contributed by atoms with van der Waals surface area (Å²) in [5, 5.41) is 5.38. The monoisotopic (exact) mass is 323 g/mol. The average molecular weight is 323 g/mol. The zero-order valence-electron chi connectivity index (χ0n) is 13.2. The third kappa shape index (κ3) is 6.85. The van der Waals surface area contributed by atoms with E-state index in [2.05, 4.69) is 29.7 Å². The van der Waals surface area contributed by atoms with Gasteiger partial charge in [0.15, 0.2) is 0 Å². The van der Waals surface area contributed by atoms with Crippen LogP contribution in [0.2, 0.25) is 0 Å². The van der Waals surface area contributed by atoms with E-state index in [1.165, 1.54) is 5.56 Å². The Morgan fingerprint density at radius 1 is 1.23 bits per heavy atom. The lowest BCUT2D eigenvalue weighted by Crippen LogP contribution is -2.49. The fraction of sp³-hybridized carbons (Fsp3) is 0.500. The molecule has 0 aliphatic rings. The van der Waals surface area contributed by atoms with E-state index in [0.29, 0.717) is 18.9 Å². The summed E-state index contributed by atoms with van der Waals surface area (Å²) in [4.78, 5) is 23.1. The number of amides is 3. The lowest BCUT2D eigenvalue weighted by atomic mass is 9.98. The van der Waals surface area contributed by atoms with Gasteiger partial charge in [-0.2, -0.15) is 11.8 Å². The first-order valence-corrected chi connectivity index (χ1v) is 8.81. The summed E-state index contributed by atoms with van der Waals surface area (Å²) in [5.74, 6) is 0.988. The van der Waals surface area contributed by atoms with E-state index in [1.54, 1.807) is 11.8 Å². The van der Waals surface area contributed by atoms with Crippen molar-refractivity contribution in [3.63, 3.8) is 0 Å². The van der Waals surface area contributed by atoms with Crippen LogP contribution in [0, 0.1) is 0 Å². The van der Waals surface area contributed by atoms with E-state index >= 15 is 0 Å². The van der Waals surface area contributed by atoms with Gasteiger partial charge in [-0.15, -0.1) is 0 Å². The second kappa shape index (κ2) is 10.1. The van der Waals surface area contributed by atoms with Gasteiger partial charge in [0.2, 0.25) is 5.91 Å². The lowest BCUT2D eigenvalue weighted by Gasteiger charge is -2.18. The molecule has 0 heterocycles. The number of nitrogens with one attached hydrogen (secondary N) is 2. The van der Waals surface area contributed by atoms with Crippen molar-refractivity contribution in [1.82, 2.24) is 10.6 Å². The summed E-state index contributed by atoms with van der Waals surface area (Å²) >= 11 is 1.63. The fourth-order valence-corrected chi connectivity index (χ4v) is 2.63. The Balaban J connectivity index is 2.40. The van der Waals surface area contributed by atoms with Crippen molar-refractivity contribution in [1.29, 1.82) is 0 Å². The highest BCUT2D eigenvalue weighted by molar-refractivity contribution is 7.98. The minimum atomic E-state index is -0.668. The largest absolute Gasteiger partial charge is 0.354 e. The van der Waals surface area contributed by atoms with Crippen LogP contribution in [0.4, 0.5) is 4.79 Å². The van der Waals surface area contributed by atoms with Crippen LogP contribution in [0.25, 0.3) is 0 Å². The predicted octanol–water partition coefficient (Wildman–Crippen LogP) is 2.09. The van der Waals surface area contributed by atoms with Crippen molar-refractivity contribution in [3.05, 3.63) is 35.9 Å². The molecule has 3 amide bonds. The third-order valence-electron chi connectivity index (χ3n) is 3.49. The summed E-state index contributed by atoms with van der Waals surface area (Å²) in [6.07, 6.45) is 3.38. The SMILES string of the molecule is CSCC[C@H](NC(N)=O)C(=O)NCC[C@H](C)c1ccccc1. The molecule has 1 rings (SSSR count). The standard InChI is InChI=1S/C16H25N3O2S/c1-12(13-6-4-3-5-7-13)8-10-18-15(20)14(9-11-22-2)19-16(17)21/h3-7,12,14H,8-11H2,1-2H3,(H,18,20)(H3,17,19,21)/t12-,14-/m0/s1. The number of nitrogens with two attached hydrogens (primary N) is 1. The molecule has 0 spiro atoms. The maximum absolute atomic E-state index is 12.1. The van der Waals surface area contributed by atoms with Gasteiger partial charge in [-0.25, -0.2) is 4.79 Å². The molecule has 0 fully saturated rings. The van der Waals surface area contributed by atoms with Crippen molar-refractivity contribution >= 4 is 23.7 Å². The molecule has 0 aliphatic heterocycles. The van der Waals surface area contributed by atoms with Crippen LogP contribution < -0.4 is 16.4 Å². The Hall–Kier alpha value is -1.69. The minimum Gasteiger partial charge on any atom is -0.354 e. The molecule has 1 aromatic carbocycles. The normalized spacial score (nSPS) is 13.2. The molecule has 0 saturated carbocycles. The van der Waals surface area contributed by atoms with Gasteiger partial charge in [-0.3, -0.25) is 4.79 Å². The zero-order chi connectivity index (χ0) is 16.4. The Labute approximate surface area is 136 Å². The molecule has 6 heteroatoms. The maximum Gasteiger partial charge on any atom is 0.312 e. The first-order valence-electron chi connectivity index (χ1n) is 7.42. The Morgan fingerprint density at radius 3 is 2.50 bits per heavy atom. The number of hydrogen-bond acceptors (Lipinski definition) is 3. The Kier molecular flexibility index (Phi) is 8.43. The smallest absolute Gasteiger partial charge is 0.312 e. The van der Waals surface area contributed by atoms with E-state index in [4.69, 9.17) is 5.73 Å². The van der Waals surface area contributed by atoms with Crippen LogP contribution in [0.5, 0.6) is 0 Å². The molecule has 0 unspecified atom stereocenters. The Bertz CT molecular complexity index is 468. The molecule has 0 bridgehead atoms. The topological polar surface area (TPSA) is 84.2 Å². The van der Waals surface area contributed by atoms with Gasteiger partial charge >= 0.3 is 6.03 Å². The van der Waals surface area contributed by atoms with E-state index in [9.17, 15) is 9.59 Å². The highest BCUT2D eigenvalue weighted by Gasteiger charge is 2.19. The van der Waals surface area contributed by atoms with Gasteiger partial charge in [0, 0.05) is 6.54 Å². The first kappa shape index (κ1) is 18.4. The molecule has 4 N–H and O–H groups in total. The van der Waals surface area contributed by atoms with Gasteiger partial charge in [-0.1, -0.05) is 37.3 Å². The van der Waals surface area contributed by atoms with E-state index in [0.717, 1.165) is 12.2 Å². The quantitative estimate of drug-likeness (QED) is 0.650. The zero-order valence-corrected chi connectivity index (χ0v) is 14.0. The number of thioether (sulfide) groups is 1. The van der Waals surface area contributed by atoms with E-state index in [1.807, 2.05) is 24.5 Å². The van der Waals surface area contributed by atoms with Crippen molar-refractivity contribution in [2.75, 3.05) is 18.6 Å². The summed E-state index contributed by atoms with van der Waals surface area (Å²) in [6.45, 7) is 2.71. The predicted molar refractivity (Wildman–Crippen MR) is 92.0 cm³/mol. The second-order valence-electron chi connectivity index (χ2n) is 5.23. The molecule has 2 atom stereocenters. The number of carbonyl (C=O) groups excluding carboxylic acids is 2. The molecule has 22 heavy (non-hydrogen) atoms. The molecular weight excluding hydrogens is 298 g/mol. The second-order valence-corrected chi connectivity index (χ2v) is 6.22. The lowest BCUT2D eigenvalue weighted by molar-refractivity contribution is -0.122. The maximum atomic E-state index is 12.1. The van der Waals surface area contributed by atoms with E-state index < -0.39 is 12.1 Å². The van der Waals surface area contributed by atoms with Crippen LogP contribution in [-0.4, -0.2) is 36.5 Å². The summed E-state index contributed by atoms with van der Waals surface area (Å²) in [5.41, 5.74) is 6.37. The van der Waals surface area contributed by atoms with Crippen LogP contribution in [-0.2, 0) is 4.79 Å². The van der Waals surface area contributed by atoms with Crippen LogP contribution in [0.3, 0.4) is 0 Å². The molecule has 122 valence electrons. The van der Waals surface area contributed by atoms with Crippen LogP contribution >= 0.6 is 11.8 Å². The van der Waals surface area contributed by atoms with Crippen molar-refractivity contribution in [3.8, 4) is 0 Å². The summed E-state index contributed by atoms with van der Waals surface area (Å²) < 4.78 is 0. The van der Waals surface area contributed by atoms with Gasteiger partial charge in [0.1, 0.15) is 6.04 Å². The molecule has 0 saturated heterocycles. The number of primary amides is 1. The van der Waals surface area contributed by atoms with Crippen LogP contribution in [0.15, 0.2) is 30.3 Å². The first-order chi connectivity index (χ1) is 10.5. The fourth-order valence-electron chi connectivity index (χ4n) is 2.16. The number of benzene rings is 1. The van der Waals surface area contributed by atoms with Crippen molar-refractivity contribution < 1.29 is 9.59 Å². The van der Waals surface area contributed by atoms with Gasteiger partial charge in [-0.05, 0) is 36.3 Å². The number of urea groups is 1. The van der Waals surface area contributed by atoms with E-state index in [-0.39, 0.29) is 5.91 Å². The number of carbonyl (C=O) groups is 2. The minimum absolute atomic E-state index is 0.173. The third-order valence-corrected chi connectivity index (χ3v) is 4.13. The van der Waals surface area contributed by atoms with Gasteiger partial charge in [0.05, 0.1) is 0 Å². The summed E-state index contributed by atoms with van der Waals surface area (Å²) in [6, 6.07) is 8.96. The molecular formula is C16H25N3O2S. The van der Waals surface area contributed by atoms with Gasteiger partial charge < -0.3 is 16.4 Å².